The van der Waals surface area contributed by atoms with Crippen LogP contribution in [-0.2, 0) is 20.2 Å². The Labute approximate surface area is 504 Å². The molecule has 4 aromatic carbocycles. The smallest absolute Gasteiger partial charge is 0.319 e. The van der Waals surface area contributed by atoms with E-state index in [1.165, 1.54) is 21.3 Å². The van der Waals surface area contributed by atoms with E-state index in [1.54, 1.807) is 30.3 Å². The zero-order valence-electron chi connectivity index (χ0n) is 47.0. The van der Waals surface area contributed by atoms with Crippen molar-refractivity contribution >= 4 is 145 Å². The number of piperazine rings is 4. The lowest BCUT2D eigenvalue weighted by Gasteiger charge is -2.41. The molecule has 4 aliphatic rings. The Morgan fingerprint density at radius 1 is 0.542 bits per heavy atom. The summed E-state index contributed by atoms with van der Waals surface area (Å²) in [6.45, 7) is 12.0. The molecule has 27 heteroatoms. The summed E-state index contributed by atoms with van der Waals surface area (Å²) in [5.74, 6) is 0. The number of hydrogen-bond acceptors (Lipinski definition) is 10. The molecule has 0 bridgehead atoms. The molecule has 12 rings (SSSR count). The minimum Gasteiger partial charge on any atom is -0.368 e. The highest BCUT2D eigenvalue weighted by molar-refractivity contribution is 7.88. The van der Waals surface area contributed by atoms with Gasteiger partial charge in [-0.3, -0.25) is 0 Å². The first kappa shape index (κ1) is 61.3. The fourth-order valence-corrected chi connectivity index (χ4v) is 13.9. The monoisotopic (exact) mass is 1250 g/mol. The maximum atomic E-state index is 12.0. The molecule has 0 saturated carbocycles. The van der Waals surface area contributed by atoms with Crippen molar-refractivity contribution in [1.29, 1.82) is 0 Å². The van der Waals surface area contributed by atoms with Gasteiger partial charge in [0, 0.05) is 237 Å². The molecule has 8 heterocycles. The van der Waals surface area contributed by atoms with Crippen molar-refractivity contribution in [2.24, 2.45) is 5.14 Å². The van der Waals surface area contributed by atoms with Crippen LogP contribution in [0.15, 0.2) is 97.6 Å². The van der Waals surface area contributed by atoms with Gasteiger partial charge in [-0.2, -0.15) is 17.0 Å². The van der Waals surface area contributed by atoms with E-state index >= 15 is 0 Å². The summed E-state index contributed by atoms with van der Waals surface area (Å²) in [5.41, 5.74) is 8.41. The van der Waals surface area contributed by atoms with Crippen LogP contribution in [0.4, 0.5) is 32.3 Å². The van der Waals surface area contributed by atoms with Crippen molar-refractivity contribution in [3.63, 3.8) is 0 Å². The third-order valence-electron chi connectivity index (χ3n) is 15.4. The highest BCUT2D eigenvalue weighted by atomic mass is 35.5. The number of fused-ring (bicyclic) bond motifs is 4. The van der Waals surface area contributed by atoms with Gasteiger partial charge < -0.3 is 59.6 Å². The lowest BCUT2D eigenvalue weighted by molar-refractivity contribution is 0.168. The predicted octanol–water partition coefficient (Wildman–Crippen LogP) is 8.74. The van der Waals surface area contributed by atoms with E-state index in [0.717, 1.165) is 124 Å². The number of hydrogen-bond donors (Lipinski definition) is 6. The number of anilines is 4. The molecule has 0 aliphatic carbocycles. The molecule has 1 atom stereocenters. The standard InChI is InChI=1S/C15H19ClN4O.C15H20ClN3O2S.C14H17ClN4O.C12H15ClN4O2S/c1-18(2)15(21)20-7-5-19(6-8-20)14-10-11(16)9-13-12(14)3-4-17-13;1-3-12-10-18(6-7-19(12)22(2,20)21)15-9-11(16)8-14-13(15)4-5-17-14;1-16-14(20)19-6-4-18(5-7-19)13-9-10(15)8-12-11(13)2-3-17-12;13-9-7-11-10(1-2-15-11)12(8-9)16-3-5-17(6-4-16)20(14,18)19/h3-4,9-10,17H,5-8H2,1-2H3;4-5,8-9,12,17H,3,6-7,10H2,1-2H3;2-3,8-9,17H,4-7H2,1H3,(H,16,20);1-2,7-8,15H,3-6H2,(H2,14,18,19). The van der Waals surface area contributed by atoms with E-state index in [0.29, 0.717) is 55.9 Å². The Kier molecular flexibility index (Phi) is 19.4. The van der Waals surface area contributed by atoms with Crippen LogP contribution in [0.25, 0.3) is 43.6 Å². The van der Waals surface area contributed by atoms with Crippen LogP contribution in [0.1, 0.15) is 13.3 Å². The molecule has 83 heavy (non-hydrogen) atoms. The molecule has 7 N–H and O–H groups in total. The summed E-state index contributed by atoms with van der Waals surface area (Å²) in [7, 11) is -1.52. The number of halogens is 4. The molecule has 4 amide bonds. The van der Waals surface area contributed by atoms with Crippen LogP contribution >= 0.6 is 46.4 Å². The number of benzene rings is 4. The molecule has 4 fully saturated rings. The fourth-order valence-electron chi connectivity index (χ4n) is 11.2. The summed E-state index contributed by atoms with van der Waals surface area (Å²) in [5, 5.41) is 15.1. The average Bonchev–Trinajstić information content (AvgIpc) is 4.55. The average molecular weight is 1260 g/mol. The van der Waals surface area contributed by atoms with Gasteiger partial charge in [0.15, 0.2) is 0 Å². The van der Waals surface area contributed by atoms with Gasteiger partial charge in [-0.05, 0) is 79.2 Å². The van der Waals surface area contributed by atoms with E-state index in [4.69, 9.17) is 51.5 Å². The normalized spacial score (nSPS) is 17.5. The number of sulfonamides is 1. The van der Waals surface area contributed by atoms with Gasteiger partial charge in [0.2, 0.25) is 10.0 Å². The number of amides is 4. The number of aromatic amines is 4. The topological polar surface area (TPSA) is 233 Å². The molecule has 0 radical (unpaired) electrons. The van der Waals surface area contributed by atoms with Gasteiger partial charge in [-0.25, -0.2) is 23.1 Å². The molecule has 1 unspecified atom stereocenters. The number of H-pyrrole nitrogens is 4. The van der Waals surface area contributed by atoms with Crippen LogP contribution in [0.2, 0.25) is 20.1 Å². The van der Waals surface area contributed by atoms with E-state index in [9.17, 15) is 26.4 Å². The molecule has 446 valence electrons. The van der Waals surface area contributed by atoms with E-state index in [-0.39, 0.29) is 18.1 Å². The van der Waals surface area contributed by atoms with Crippen LogP contribution in [0.3, 0.4) is 0 Å². The Morgan fingerprint density at radius 2 is 0.880 bits per heavy atom. The second-order valence-electron chi connectivity index (χ2n) is 20.9. The van der Waals surface area contributed by atoms with Crippen LogP contribution in [0, 0.1) is 0 Å². The number of aromatic nitrogens is 4. The number of nitrogens with zero attached hydrogens (tertiary/aromatic N) is 9. The minimum absolute atomic E-state index is 0.00303. The second kappa shape index (κ2) is 26.3. The van der Waals surface area contributed by atoms with Crippen molar-refractivity contribution in [2.75, 3.05) is 145 Å². The van der Waals surface area contributed by atoms with Gasteiger partial charge in [0.05, 0.1) is 6.26 Å². The lowest BCUT2D eigenvalue weighted by Crippen LogP contribution is -2.54. The number of urea groups is 2. The van der Waals surface area contributed by atoms with Crippen LogP contribution < -0.4 is 30.1 Å². The maximum absolute atomic E-state index is 12.0. The largest absolute Gasteiger partial charge is 0.368 e. The van der Waals surface area contributed by atoms with Crippen molar-refractivity contribution in [1.82, 2.24) is 48.6 Å². The Morgan fingerprint density at radius 3 is 1.20 bits per heavy atom. The number of carbonyl (C=O) groups excluding carboxylic acids is 2. The van der Waals surface area contributed by atoms with Crippen molar-refractivity contribution in [2.45, 2.75) is 19.4 Å². The fraction of sp³-hybridized carbons (Fsp3) is 0.393. The van der Waals surface area contributed by atoms with Crippen molar-refractivity contribution < 1.29 is 26.4 Å². The zero-order valence-corrected chi connectivity index (χ0v) is 51.7. The number of carbonyl (C=O) groups is 2. The van der Waals surface area contributed by atoms with Crippen molar-refractivity contribution in [3.05, 3.63) is 118 Å². The maximum Gasteiger partial charge on any atom is 0.319 e. The lowest BCUT2D eigenvalue weighted by atomic mass is 10.1. The van der Waals surface area contributed by atoms with Gasteiger partial charge in [-0.15, -0.1) is 0 Å². The molecular formula is C56H71Cl4N15O6S2. The quantitative estimate of drug-likeness (QED) is 0.0888. The highest BCUT2D eigenvalue weighted by Crippen LogP contribution is 2.35. The molecule has 4 aromatic heterocycles. The van der Waals surface area contributed by atoms with Crippen LogP contribution in [0.5, 0.6) is 0 Å². The van der Waals surface area contributed by atoms with Gasteiger partial charge >= 0.3 is 12.1 Å². The third-order valence-corrected chi connectivity index (χ3v) is 18.7. The molecule has 21 nitrogen and oxygen atoms in total. The van der Waals surface area contributed by atoms with E-state index in [2.05, 4.69) is 57.0 Å². The molecule has 4 saturated heterocycles. The Balaban J connectivity index is 0.000000133. The SMILES string of the molecule is CCC1CN(c2cc(Cl)cc3[nH]ccc23)CCN1S(C)(=O)=O.CN(C)C(=O)N1CCN(c2cc(Cl)cc3[nH]ccc23)CC1.CNC(=O)N1CCN(c2cc(Cl)cc3[nH]ccc23)CC1.NS(=O)(=O)N1CCN(c2cc(Cl)cc3[nH]ccc23)CC1. The van der Waals surface area contributed by atoms with Gasteiger partial charge in [0.25, 0.3) is 10.2 Å². The Bertz CT molecular complexity index is 3790. The molecule has 8 aromatic rings. The first-order chi connectivity index (χ1) is 39.6. The first-order valence-corrected chi connectivity index (χ1v) is 32.2. The summed E-state index contributed by atoms with van der Waals surface area (Å²) in [6, 6.07) is 23.7. The number of nitrogens with two attached hydrogens (primary N) is 1. The third kappa shape index (κ3) is 14.5. The van der Waals surface area contributed by atoms with Crippen molar-refractivity contribution in [3.8, 4) is 0 Å². The van der Waals surface area contributed by atoms with Crippen LogP contribution in [-0.4, -0.2) is 204 Å². The van der Waals surface area contributed by atoms with Gasteiger partial charge in [0.1, 0.15) is 0 Å². The summed E-state index contributed by atoms with van der Waals surface area (Å²) in [4.78, 5) is 50.6. The van der Waals surface area contributed by atoms with E-state index in [1.807, 2.05) is 102 Å². The molecular weight excluding hydrogens is 1180 g/mol. The summed E-state index contributed by atoms with van der Waals surface area (Å²) >= 11 is 24.7. The zero-order chi connectivity index (χ0) is 59.3. The highest BCUT2D eigenvalue weighted by Gasteiger charge is 2.33. The Hall–Kier alpha value is -6.28. The second-order valence-corrected chi connectivity index (χ2v) is 26.2. The van der Waals surface area contributed by atoms with Gasteiger partial charge in [-0.1, -0.05) is 53.3 Å². The number of nitrogens with one attached hydrogen (secondary N) is 5. The first-order valence-electron chi connectivity index (χ1n) is 27.3. The molecule has 4 aliphatic heterocycles. The summed E-state index contributed by atoms with van der Waals surface area (Å²) in [6.07, 6.45) is 9.69. The molecule has 0 spiro atoms. The summed E-state index contributed by atoms with van der Waals surface area (Å²) < 4.78 is 49.3. The van der Waals surface area contributed by atoms with E-state index < -0.39 is 20.2 Å². The number of rotatable bonds is 7. The predicted molar refractivity (Wildman–Crippen MR) is 339 cm³/mol. The minimum atomic E-state index is -3.60.